The fourth-order valence-electron chi connectivity index (χ4n) is 2.54. The summed E-state index contributed by atoms with van der Waals surface area (Å²) in [6, 6.07) is 19.6. The quantitative estimate of drug-likeness (QED) is 0.805. The van der Waals surface area contributed by atoms with Gasteiger partial charge in [-0.25, -0.2) is 4.79 Å². The number of esters is 1. The van der Waals surface area contributed by atoms with E-state index in [0.29, 0.717) is 6.61 Å². The molecule has 3 heteroatoms. The van der Waals surface area contributed by atoms with Gasteiger partial charge in [-0.15, -0.1) is 0 Å². The Balaban J connectivity index is 1.84. The highest BCUT2D eigenvalue weighted by Crippen LogP contribution is 2.27. The summed E-state index contributed by atoms with van der Waals surface area (Å²) in [5.41, 5.74) is 1.94. The van der Waals surface area contributed by atoms with E-state index in [1.807, 2.05) is 60.7 Å². The Kier molecular flexibility index (Phi) is 4.31. The van der Waals surface area contributed by atoms with Crippen molar-refractivity contribution in [3.05, 3.63) is 71.8 Å². The topological polar surface area (TPSA) is 35.5 Å². The monoisotopic (exact) mass is 282 g/mol. The molecule has 0 spiro atoms. The fraction of sp³-hybridized carbons (Fsp3) is 0.278. The molecular weight excluding hydrogens is 264 g/mol. The van der Waals surface area contributed by atoms with Crippen LogP contribution >= 0.6 is 0 Å². The van der Waals surface area contributed by atoms with Crippen molar-refractivity contribution in [3.8, 4) is 0 Å². The molecule has 1 aliphatic rings. The Morgan fingerprint density at radius 1 is 1.00 bits per heavy atom. The first-order valence-corrected chi connectivity index (χ1v) is 7.26. The van der Waals surface area contributed by atoms with Gasteiger partial charge in [0.05, 0.1) is 0 Å². The molecule has 21 heavy (non-hydrogen) atoms. The van der Waals surface area contributed by atoms with Gasteiger partial charge in [-0.1, -0.05) is 60.7 Å². The highest BCUT2D eigenvalue weighted by Gasteiger charge is 2.28. The van der Waals surface area contributed by atoms with Crippen molar-refractivity contribution >= 4 is 5.97 Å². The molecule has 0 radical (unpaired) electrons. The summed E-state index contributed by atoms with van der Waals surface area (Å²) < 4.78 is 11.2. The number of ether oxygens (including phenoxy) is 2. The Hall–Kier alpha value is -2.13. The van der Waals surface area contributed by atoms with E-state index in [2.05, 4.69) is 0 Å². The van der Waals surface area contributed by atoms with Crippen LogP contribution in [0, 0.1) is 0 Å². The maximum Gasteiger partial charge on any atom is 0.336 e. The second-order valence-corrected chi connectivity index (χ2v) is 5.14. The van der Waals surface area contributed by atoms with Crippen molar-refractivity contribution in [3.63, 3.8) is 0 Å². The van der Waals surface area contributed by atoms with Gasteiger partial charge in [-0.2, -0.15) is 0 Å². The molecule has 0 amide bonds. The number of rotatable bonds is 4. The van der Waals surface area contributed by atoms with Crippen LogP contribution in [0.5, 0.6) is 0 Å². The normalized spacial score (nSPS) is 17.9. The van der Waals surface area contributed by atoms with E-state index < -0.39 is 6.10 Å². The minimum Gasteiger partial charge on any atom is -0.451 e. The van der Waals surface area contributed by atoms with Gasteiger partial charge >= 0.3 is 5.97 Å². The first kappa shape index (κ1) is 13.8. The lowest BCUT2D eigenvalue weighted by Crippen LogP contribution is -2.24. The van der Waals surface area contributed by atoms with Crippen molar-refractivity contribution in [2.75, 3.05) is 6.61 Å². The Bertz CT molecular complexity index is 534. The summed E-state index contributed by atoms with van der Waals surface area (Å²) in [5, 5.41) is 0. The molecule has 3 nitrogen and oxygen atoms in total. The van der Waals surface area contributed by atoms with E-state index >= 15 is 0 Å². The van der Waals surface area contributed by atoms with E-state index in [1.54, 1.807) is 0 Å². The molecule has 1 aliphatic heterocycles. The maximum atomic E-state index is 12.3. The molecule has 0 aliphatic carbocycles. The Morgan fingerprint density at radius 3 is 2.05 bits per heavy atom. The number of carbonyl (C=O) groups is 1. The predicted octanol–water partition coefficient (Wildman–Crippen LogP) is 3.50. The van der Waals surface area contributed by atoms with Crippen LogP contribution in [0.25, 0.3) is 0 Å². The van der Waals surface area contributed by atoms with E-state index in [4.69, 9.17) is 9.47 Å². The van der Waals surface area contributed by atoms with Gasteiger partial charge < -0.3 is 9.47 Å². The zero-order chi connectivity index (χ0) is 14.5. The molecule has 2 aromatic carbocycles. The summed E-state index contributed by atoms with van der Waals surface area (Å²) in [6.07, 6.45) is 0.861. The molecule has 2 aromatic rings. The number of carbonyl (C=O) groups excluding carboxylic acids is 1. The fourth-order valence-corrected chi connectivity index (χ4v) is 2.54. The van der Waals surface area contributed by atoms with Crippen LogP contribution < -0.4 is 0 Å². The smallest absolute Gasteiger partial charge is 0.336 e. The molecule has 3 rings (SSSR count). The first-order chi connectivity index (χ1) is 10.3. The molecule has 0 aromatic heterocycles. The highest BCUT2D eigenvalue weighted by molar-refractivity contribution is 5.75. The molecule has 1 atom stereocenters. The summed E-state index contributed by atoms with van der Waals surface area (Å²) in [7, 11) is 0. The van der Waals surface area contributed by atoms with Crippen LogP contribution in [0.2, 0.25) is 0 Å². The number of hydrogen-bond donors (Lipinski definition) is 0. The van der Waals surface area contributed by atoms with Gasteiger partial charge in [0.15, 0.2) is 12.2 Å². The van der Waals surface area contributed by atoms with E-state index in [1.165, 1.54) is 0 Å². The third kappa shape index (κ3) is 3.31. The minimum absolute atomic E-state index is 0.273. The van der Waals surface area contributed by atoms with Crippen LogP contribution in [-0.2, 0) is 14.3 Å². The second-order valence-electron chi connectivity index (χ2n) is 5.14. The first-order valence-electron chi connectivity index (χ1n) is 7.26. The highest BCUT2D eigenvalue weighted by atomic mass is 16.6. The molecule has 1 heterocycles. The van der Waals surface area contributed by atoms with E-state index in [-0.39, 0.29) is 12.1 Å². The molecule has 1 unspecified atom stereocenters. The largest absolute Gasteiger partial charge is 0.451 e. The molecular formula is C18H18O3. The number of hydrogen-bond acceptors (Lipinski definition) is 3. The second kappa shape index (κ2) is 6.55. The van der Waals surface area contributed by atoms with Gasteiger partial charge in [0.1, 0.15) is 0 Å². The van der Waals surface area contributed by atoms with E-state index in [0.717, 1.165) is 24.0 Å². The van der Waals surface area contributed by atoms with Crippen molar-refractivity contribution in [1.29, 1.82) is 0 Å². The van der Waals surface area contributed by atoms with E-state index in [9.17, 15) is 4.79 Å². The predicted molar refractivity (Wildman–Crippen MR) is 79.8 cm³/mol. The third-order valence-corrected chi connectivity index (χ3v) is 3.63. The summed E-state index contributed by atoms with van der Waals surface area (Å²) >= 11 is 0. The van der Waals surface area contributed by atoms with Gasteiger partial charge in [0.2, 0.25) is 0 Å². The lowest BCUT2D eigenvalue weighted by atomic mass is 10.0. The molecule has 1 fully saturated rings. The van der Waals surface area contributed by atoms with Crippen LogP contribution in [0.3, 0.4) is 0 Å². The summed E-state index contributed by atoms with van der Waals surface area (Å²) in [6.45, 7) is 0.640. The standard InChI is InChI=1S/C18H18O3/c19-18(16-12-7-13-20-16)21-17(14-8-3-1-4-9-14)15-10-5-2-6-11-15/h1-6,8-11,16-17H,7,12-13H2. The van der Waals surface area contributed by atoms with Crippen LogP contribution in [0.15, 0.2) is 60.7 Å². The average Bonchev–Trinajstić information content (AvgIpc) is 3.09. The maximum absolute atomic E-state index is 12.3. The van der Waals surface area contributed by atoms with Crippen molar-refractivity contribution in [1.82, 2.24) is 0 Å². The van der Waals surface area contributed by atoms with Crippen LogP contribution in [0.4, 0.5) is 0 Å². The molecule has 108 valence electrons. The van der Waals surface area contributed by atoms with Crippen LogP contribution in [-0.4, -0.2) is 18.7 Å². The average molecular weight is 282 g/mol. The summed E-state index contributed by atoms with van der Waals surface area (Å²) in [5.74, 6) is -0.273. The van der Waals surface area contributed by atoms with Crippen molar-refractivity contribution in [2.45, 2.75) is 25.0 Å². The van der Waals surface area contributed by atoms with Crippen molar-refractivity contribution in [2.24, 2.45) is 0 Å². The lowest BCUT2D eigenvalue weighted by molar-refractivity contribution is -0.158. The Morgan fingerprint density at radius 2 is 1.57 bits per heavy atom. The SMILES string of the molecule is O=C(OC(c1ccccc1)c1ccccc1)C1CCCO1. The summed E-state index contributed by atoms with van der Waals surface area (Å²) in [4.78, 5) is 12.3. The lowest BCUT2D eigenvalue weighted by Gasteiger charge is -2.20. The third-order valence-electron chi connectivity index (χ3n) is 3.63. The zero-order valence-electron chi connectivity index (χ0n) is 11.8. The molecule has 0 saturated carbocycles. The van der Waals surface area contributed by atoms with Gasteiger partial charge in [-0.3, -0.25) is 0 Å². The van der Waals surface area contributed by atoms with Crippen molar-refractivity contribution < 1.29 is 14.3 Å². The Labute approximate surface area is 124 Å². The number of benzene rings is 2. The van der Waals surface area contributed by atoms with Gasteiger partial charge in [0, 0.05) is 6.61 Å². The van der Waals surface area contributed by atoms with Crippen LogP contribution in [0.1, 0.15) is 30.1 Å². The molecule has 0 bridgehead atoms. The molecule has 1 saturated heterocycles. The van der Waals surface area contributed by atoms with Gasteiger partial charge in [-0.05, 0) is 24.0 Å². The minimum atomic E-state index is -0.417. The zero-order valence-corrected chi connectivity index (χ0v) is 11.8. The molecule has 0 N–H and O–H groups in total. The van der Waals surface area contributed by atoms with Gasteiger partial charge in [0.25, 0.3) is 0 Å².